The van der Waals surface area contributed by atoms with Gasteiger partial charge in [-0.3, -0.25) is 9.47 Å². The van der Waals surface area contributed by atoms with Crippen LogP contribution in [-0.2, 0) is 0 Å². The Hall–Kier alpha value is -1.36. The molecule has 1 saturated heterocycles. The summed E-state index contributed by atoms with van der Waals surface area (Å²) in [7, 11) is 0. The molecule has 1 amide bonds. The Bertz CT molecular complexity index is 363. The number of piperazine rings is 1. The van der Waals surface area contributed by atoms with E-state index >= 15 is 0 Å². The quantitative estimate of drug-likeness (QED) is 0.697. The number of carbonyl (C=O) groups is 1. The van der Waals surface area contributed by atoms with Crippen molar-refractivity contribution in [1.29, 1.82) is 0 Å². The summed E-state index contributed by atoms with van der Waals surface area (Å²) in [5, 5.41) is 0. The second kappa shape index (κ2) is 3.90. The minimum Gasteiger partial charge on any atom is -0.321 e. The summed E-state index contributed by atoms with van der Waals surface area (Å²) in [5.74, 6) is 0. The van der Waals surface area contributed by atoms with E-state index in [1.54, 1.807) is 23.3 Å². The molecule has 0 radical (unpaired) electrons. The highest BCUT2D eigenvalue weighted by atomic mass is 16.2. The molecule has 0 atom stereocenters. The van der Waals surface area contributed by atoms with Gasteiger partial charge in [-0.15, -0.1) is 0 Å². The summed E-state index contributed by atoms with van der Waals surface area (Å²) in [6.45, 7) is 3.72. The molecular formula is C11H16N4O. The minimum atomic E-state index is 0.0490. The van der Waals surface area contributed by atoms with Gasteiger partial charge in [0.15, 0.2) is 0 Å². The van der Waals surface area contributed by atoms with Crippen molar-refractivity contribution in [3.63, 3.8) is 0 Å². The van der Waals surface area contributed by atoms with Gasteiger partial charge in [-0.05, 0) is 12.8 Å². The van der Waals surface area contributed by atoms with Crippen LogP contribution in [0.3, 0.4) is 0 Å². The number of carbonyl (C=O) groups excluding carboxylic acids is 1. The number of hydrogen-bond acceptors (Lipinski definition) is 3. The molecule has 3 rings (SSSR count). The molecule has 5 heteroatoms. The van der Waals surface area contributed by atoms with Gasteiger partial charge in [-0.25, -0.2) is 9.78 Å². The Morgan fingerprint density at radius 1 is 1.19 bits per heavy atom. The second-order valence-electron chi connectivity index (χ2n) is 4.51. The molecule has 0 unspecified atom stereocenters. The van der Waals surface area contributed by atoms with Gasteiger partial charge in [0.1, 0.15) is 6.33 Å². The van der Waals surface area contributed by atoms with Gasteiger partial charge in [0, 0.05) is 44.6 Å². The fourth-order valence-corrected chi connectivity index (χ4v) is 2.25. The maximum atomic E-state index is 12.0. The lowest BCUT2D eigenvalue weighted by molar-refractivity contribution is 0.135. The Labute approximate surface area is 94.7 Å². The maximum Gasteiger partial charge on any atom is 0.329 e. The fraction of sp³-hybridized carbons (Fsp3) is 0.636. The van der Waals surface area contributed by atoms with Gasteiger partial charge in [-0.2, -0.15) is 0 Å². The molecule has 2 fully saturated rings. The van der Waals surface area contributed by atoms with Crippen LogP contribution in [0.4, 0.5) is 4.79 Å². The average Bonchev–Trinajstić information content (AvgIpc) is 3.04. The highest BCUT2D eigenvalue weighted by molar-refractivity contribution is 5.76. The molecule has 0 aromatic carbocycles. The highest BCUT2D eigenvalue weighted by Gasteiger charge is 2.32. The van der Waals surface area contributed by atoms with Crippen LogP contribution in [0.1, 0.15) is 12.8 Å². The molecule has 2 aliphatic rings. The molecule has 1 aliphatic carbocycles. The number of hydrogen-bond donors (Lipinski definition) is 0. The number of aromatic nitrogens is 2. The predicted octanol–water partition coefficient (Wildman–Crippen LogP) is 0.631. The van der Waals surface area contributed by atoms with Crippen LogP contribution in [-0.4, -0.2) is 57.6 Å². The van der Waals surface area contributed by atoms with Crippen molar-refractivity contribution in [2.45, 2.75) is 18.9 Å². The van der Waals surface area contributed by atoms with Crippen LogP contribution < -0.4 is 0 Å². The van der Waals surface area contributed by atoms with E-state index in [9.17, 15) is 4.79 Å². The number of amides is 1. The summed E-state index contributed by atoms with van der Waals surface area (Å²) < 4.78 is 1.55. The first kappa shape index (κ1) is 9.84. The third-order valence-electron chi connectivity index (χ3n) is 3.37. The Morgan fingerprint density at radius 3 is 2.50 bits per heavy atom. The summed E-state index contributed by atoms with van der Waals surface area (Å²) in [6, 6.07) is 0.860. The van der Waals surface area contributed by atoms with Crippen LogP contribution >= 0.6 is 0 Å². The van der Waals surface area contributed by atoms with Gasteiger partial charge >= 0.3 is 6.03 Å². The SMILES string of the molecule is O=C(N1CCN(C2CC2)CC1)n1ccnc1. The average molecular weight is 220 g/mol. The topological polar surface area (TPSA) is 41.4 Å². The van der Waals surface area contributed by atoms with Gasteiger partial charge in [0.2, 0.25) is 0 Å². The molecule has 1 aliphatic heterocycles. The van der Waals surface area contributed by atoms with Gasteiger partial charge in [0.05, 0.1) is 0 Å². The van der Waals surface area contributed by atoms with Crippen LogP contribution in [0.2, 0.25) is 0 Å². The van der Waals surface area contributed by atoms with Crippen molar-refractivity contribution >= 4 is 6.03 Å². The second-order valence-corrected chi connectivity index (χ2v) is 4.51. The normalized spacial score (nSPS) is 22.4. The van der Waals surface area contributed by atoms with Crippen LogP contribution in [0.5, 0.6) is 0 Å². The van der Waals surface area contributed by atoms with Crippen molar-refractivity contribution < 1.29 is 4.79 Å². The van der Waals surface area contributed by atoms with Crippen molar-refractivity contribution in [1.82, 2.24) is 19.4 Å². The molecule has 0 N–H and O–H groups in total. The molecule has 1 saturated carbocycles. The van der Waals surface area contributed by atoms with Gasteiger partial charge in [0.25, 0.3) is 0 Å². The number of rotatable bonds is 1. The van der Waals surface area contributed by atoms with E-state index in [1.165, 1.54) is 12.8 Å². The summed E-state index contributed by atoms with van der Waals surface area (Å²) in [6.07, 6.45) is 7.59. The van der Waals surface area contributed by atoms with Crippen LogP contribution in [0.25, 0.3) is 0 Å². The molecule has 1 aromatic rings. The third kappa shape index (κ3) is 1.82. The van der Waals surface area contributed by atoms with E-state index in [1.807, 2.05) is 4.90 Å². The largest absolute Gasteiger partial charge is 0.329 e. The van der Waals surface area contributed by atoms with Crippen LogP contribution in [0, 0.1) is 0 Å². The van der Waals surface area contributed by atoms with E-state index in [-0.39, 0.29) is 6.03 Å². The standard InChI is InChI=1S/C11H16N4O/c16-11(15-4-3-12-9-15)14-7-5-13(6-8-14)10-1-2-10/h3-4,9-10H,1-2,5-8H2. The van der Waals surface area contributed by atoms with E-state index in [0.29, 0.717) is 0 Å². The first-order valence-corrected chi connectivity index (χ1v) is 5.86. The Kier molecular flexibility index (Phi) is 2.40. The zero-order valence-corrected chi connectivity index (χ0v) is 9.25. The maximum absolute atomic E-state index is 12.0. The van der Waals surface area contributed by atoms with Gasteiger partial charge in [-0.1, -0.05) is 0 Å². The van der Waals surface area contributed by atoms with Crippen molar-refractivity contribution in [2.24, 2.45) is 0 Å². The molecule has 0 spiro atoms. The van der Waals surface area contributed by atoms with Crippen molar-refractivity contribution in [3.05, 3.63) is 18.7 Å². The lowest BCUT2D eigenvalue weighted by Crippen LogP contribution is -2.50. The molecule has 2 heterocycles. The molecule has 1 aromatic heterocycles. The third-order valence-corrected chi connectivity index (χ3v) is 3.37. The van der Waals surface area contributed by atoms with E-state index < -0.39 is 0 Å². The predicted molar refractivity (Wildman–Crippen MR) is 59.2 cm³/mol. The lowest BCUT2D eigenvalue weighted by Gasteiger charge is -2.34. The molecule has 16 heavy (non-hydrogen) atoms. The van der Waals surface area contributed by atoms with E-state index in [0.717, 1.165) is 32.2 Å². The zero-order valence-electron chi connectivity index (χ0n) is 9.25. The summed E-state index contributed by atoms with van der Waals surface area (Å²) >= 11 is 0. The Balaban J connectivity index is 1.59. The Morgan fingerprint density at radius 2 is 1.94 bits per heavy atom. The zero-order chi connectivity index (χ0) is 11.0. The van der Waals surface area contributed by atoms with Crippen molar-refractivity contribution in [3.8, 4) is 0 Å². The monoisotopic (exact) mass is 220 g/mol. The van der Waals surface area contributed by atoms with Gasteiger partial charge < -0.3 is 4.90 Å². The van der Waals surface area contributed by atoms with E-state index in [2.05, 4.69) is 9.88 Å². The number of imidazole rings is 1. The smallest absolute Gasteiger partial charge is 0.321 e. The fourth-order valence-electron chi connectivity index (χ4n) is 2.25. The van der Waals surface area contributed by atoms with Crippen LogP contribution in [0.15, 0.2) is 18.7 Å². The first-order valence-electron chi connectivity index (χ1n) is 5.86. The molecular weight excluding hydrogens is 204 g/mol. The lowest BCUT2D eigenvalue weighted by atomic mass is 10.3. The molecule has 86 valence electrons. The minimum absolute atomic E-state index is 0.0490. The summed E-state index contributed by atoms with van der Waals surface area (Å²) in [5.41, 5.74) is 0. The first-order chi connectivity index (χ1) is 7.84. The van der Waals surface area contributed by atoms with E-state index in [4.69, 9.17) is 0 Å². The molecule has 5 nitrogen and oxygen atoms in total. The molecule has 0 bridgehead atoms. The highest BCUT2D eigenvalue weighted by Crippen LogP contribution is 2.27. The number of nitrogens with zero attached hydrogens (tertiary/aromatic N) is 4. The van der Waals surface area contributed by atoms with Crippen molar-refractivity contribution in [2.75, 3.05) is 26.2 Å². The summed E-state index contributed by atoms with van der Waals surface area (Å²) in [4.78, 5) is 20.3.